The van der Waals surface area contributed by atoms with Crippen molar-refractivity contribution >= 4 is 33.0 Å². The van der Waals surface area contributed by atoms with Crippen LogP contribution in [0.5, 0.6) is 0 Å². The Labute approximate surface area is 114 Å². The van der Waals surface area contributed by atoms with Crippen molar-refractivity contribution in [3.63, 3.8) is 0 Å². The number of rotatable bonds is 3. The van der Waals surface area contributed by atoms with E-state index in [4.69, 9.17) is 0 Å². The molecule has 2 nitrogen and oxygen atoms in total. The minimum atomic E-state index is 0.842. The minimum Gasteiger partial charge on any atom is -0.380 e. The smallest absolute Gasteiger partial charge is 0.0900 e. The molecule has 17 heavy (non-hydrogen) atoms. The summed E-state index contributed by atoms with van der Waals surface area (Å²) in [7, 11) is 0. The molecule has 0 amide bonds. The summed E-state index contributed by atoms with van der Waals surface area (Å²) in [6.45, 7) is 7.06. The highest BCUT2D eigenvalue weighted by Crippen LogP contribution is 2.25. The van der Waals surface area contributed by atoms with Gasteiger partial charge in [0.25, 0.3) is 0 Å². The van der Waals surface area contributed by atoms with E-state index < -0.39 is 0 Å². The fourth-order valence-electron chi connectivity index (χ4n) is 1.71. The van der Waals surface area contributed by atoms with Crippen molar-refractivity contribution in [1.29, 1.82) is 0 Å². The number of nitrogens with one attached hydrogen (secondary N) is 1. The summed E-state index contributed by atoms with van der Waals surface area (Å²) in [4.78, 5) is 5.74. The fraction of sp³-hybridized carbons (Fsp3) is 0.308. The van der Waals surface area contributed by atoms with Crippen LogP contribution in [0.3, 0.4) is 0 Å². The highest BCUT2D eigenvalue weighted by molar-refractivity contribution is 9.10. The molecule has 0 atom stereocenters. The molecule has 0 unspecified atom stereocenters. The Hall–Kier alpha value is -0.870. The third-order valence-corrected chi connectivity index (χ3v) is 4.64. The van der Waals surface area contributed by atoms with Gasteiger partial charge in [-0.15, -0.1) is 11.3 Å². The van der Waals surface area contributed by atoms with E-state index in [9.17, 15) is 0 Å². The Morgan fingerprint density at radius 1 is 1.29 bits per heavy atom. The lowest BCUT2D eigenvalue weighted by Crippen LogP contribution is -2.00. The normalized spacial score (nSPS) is 10.6. The predicted molar refractivity (Wildman–Crippen MR) is 77.8 cm³/mol. The first kappa shape index (κ1) is 12.6. The molecule has 0 aliphatic rings. The molecule has 0 fully saturated rings. The van der Waals surface area contributed by atoms with Crippen LogP contribution in [0.15, 0.2) is 22.7 Å². The van der Waals surface area contributed by atoms with Crippen LogP contribution < -0.4 is 5.32 Å². The summed E-state index contributed by atoms with van der Waals surface area (Å²) in [5, 5.41) is 4.59. The van der Waals surface area contributed by atoms with E-state index in [1.54, 1.807) is 11.3 Å². The number of hydrogen-bond donors (Lipinski definition) is 1. The van der Waals surface area contributed by atoms with Crippen LogP contribution in [0, 0.1) is 20.8 Å². The Morgan fingerprint density at radius 3 is 2.71 bits per heavy atom. The number of halogens is 1. The zero-order valence-corrected chi connectivity index (χ0v) is 12.6. The summed E-state index contributed by atoms with van der Waals surface area (Å²) in [5.41, 5.74) is 3.55. The van der Waals surface area contributed by atoms with Gasteiger partial charge in [0, 0.05) is 15.0 Å². The third kappa shape index (κ3) is 2.87. The van der Waals surface area contributed by atoms with Gasteiger partial charge in [-0.1, -0.05) is 22.0 Å². The molecule has 2 aromatic rings. The molecule has 0 aliphatic heterocycles. The maximum absolute atomic E-state index is 4.43. The van der Waals surface area contributed by atoms with E-state index in [2.05, 4.69) is 52.2 Å². The van der Waals surface area contributed by atoms with Gasteiger partial charge < -0.3 is 5.32 Å². The molecule has 2 rings (SSSR count). The molecule has 90 valence electrons. The zero-order valence-electron chi connectivity index (χ0n) is 10.2. The number of anilines is 1. The average molecular weight is 311 g/mol. The van der Waals surface area contributed by atoms with Gasteiger partial charge in [-0.2, -0.15) is 0 Å². The number of aromatic nitrogens is 1. The second-order valence-corrected chi connectivity index (χ2v) is 6.15. The molecule has 1 aromatic heterocycles. The summed E-state index contributed by atoms with van der Waals surface area (Å²) in [6.07, 6.45) is 0. The summed E-state index contributed by atoms with van der Waals surface area (Å²) >= 11 is 5.30. The second kappa shape index (κ2) is 5.19. The van der Waals surface area contributed by atoms with Crippen molar-refractivity contribution in [3.8, 4) is 0 Å². The molecule has 1 aromatic carbocycles. The Kier molecular flexibility index (Phi) is 3.84. The molecule has 0 saturated heterocycles. The van der Waals surface area contributed by atoms with Crippen LogP contribution in [-0.2, 0) is 6.54 Å². The van der Waals surface area contributed by atoms with Crippen LogP contribution in [0.1, 0.15) is 21.1 Å². The summed E-state index contributed by atoms with van der Waals surface area (Å²) in [5.74, 6) is 0. The standard InChI is InChI=1S/C13H15BrN2S/c1-8-11(14)5-4-6-12(8)15-7-13-9(2)16-10(3)17-13/h4-6,15H,7H2,1-3H3. The number of benzene rings is 1. The van der Waals surface area contributed by atoms with Crippen LogP contribution in [0.25, 0.3) is 0 Å². The Morgan fingerprint density at radius 2 is 2.06 bits per heavy atom. The van der Waals surface area contributed by atoms with Gasteiger partial charge in [0.2, 0.25) is 0 Å². The topological polar surface area (TPSA) is 24.9 Å². The SMILES string of the molecule is Cc1nc(C)c(CNc2cccc(Br)c2C)s1. The van der Waals surface area contributed by atoms with E-state index in [1.165, 1.54) is 16.1 Å². The monoisotopic (exact) mass is 310 g/mol. The van der Waals surface area contributed by atoms with Crippen LogP contribution >= 0.6 is 27.3 Å². The van der Waals surface area contributed by atoms with Crippen molar-refractivity contribution in [2.75, 3.05) is 5.32 Å². The first-order chi connectivity index (χ1) is 8.08. The second-order valence-electron chi connectivity index (χ2n) is 4.01. The van der Waals surface area contributed by atoms with Crippen molar-refractivity contribution in [3.05, 3.63) is 43.8 Å². The molecular weight excluding hydrogens is 296 g/mol. The van der Waals surface area contributed by atoms with Gasteiger partial charge >= 0.3 is 0 Å². The van der Waals surface area contributed by atoms with Gasteiger partial charge in [-0.3, -0.25) is 0 Å². The molecule has 0 aliphatic carbocycles. The average Bonchev–Trinajstić information content (AvgIpc) is 2.60. The molecule has 0 saturated carbocycles. The van der Waals surface area contributed by atoms with E-state index in [0.717, 1.165) is 21.7 Å². The Balaban J connectivity index is 2.12. The summed E-state index contributed by atoms with van der Waals surface area (Å²) in [6, 6.07) is 6.20. The van der Waals surface area contributed by atoms with Crippen molar-refractivity contribution in [2.45, 2.75) is 27.3 Å². The van der Waals surface area contributed by atoms with E-state index >= 15 is 0 Å². The molecule has 1 heterocycles. The first-order valence-corrected chi connectivity index (χ1v) is 7.11. The summed E-state index contributed by atoms with van der Waals surface area (Å²) < 4.78 is 1.14. The molecule has 0 spiro atoms. The number of thiazole rings is 1. The third-order valence-electron chi connectivity index (χ3n) is 2.71. The Bertz CT molecular complexity index is 534. The van der Waals surface area contributed by atoms with E-state index in [-0.39, 0.29) is 0 Å². The van der Waals surface area contributed by atoms with Crippen LogP contribution in [-0.4, -0.2) is 4.98 Å². The van der Waals surface area contributed by atoms with E-state index in [1.807, 2.05) is 13.0 Å². The van der Waals surface area contributed by atoms with Crippen LogP contribution in [0.4, 0.5) is 5.69 Å². The lowest BCUT2D eigenvalue weighted by atomic mass is 10.2. The van der Waals surface area contributed by atoms with E-state index in [0.29, 0.717) is 0 Å². The number of nitrogens with zero attached hydrogens (tertiary/aromatic N) is 1. The van der Waals surface area contributed by atoms with Crippen molar-refractivity contribution in [1.82, 2.24) is 4.98 Å². The molecule has 0 bridgehead atoms. The lowest BCUT2D eigenvalue weighted by Gasteiger charge is -2.09. The first-order valence-electron chi connectivity index (χ1n) is 5.50. The predicted octanol–water partition coefficient (Wildman–Crippen LogP) is 4.44. The fourth-order valence-corrected chi connectivity index (χ4v) is 2.96. The van der Waals surface area contributed by atoms with Crippen LogP contribution in [0.2, 0.25) is 0 Å². The molecule has 0 radical (unpaired) electrons. The zero-order chi connectivity index (χ0) is 12.4. The highest BCUT2D eigenvalue weighted by Gasteiger charge is 2.06. The maximum Gasteiger partial charge on any atom is 0.0900 e. The maximum atomic E-state index is 4.43. The number of aryl methyl sites for hydroxylation is 2. The molecular formula is C13H15BrN2S. The van der Waals surface area contributed by atoms with Gasteiger partial charge in [0.1, 0.15) is 0 Å². The minimum absolute atomic E-state index is 0.842. The molecule has 1 N–H and O–H groups in total. The van der Waals surface area contributed by atoms with Gasteiger partial charge in [0.15, 0.2) is 0 Å². The number of hydrogen-bond acceptors (Lipinski definition) is 3. The largest absolute Gasteiger partial charge is 0.380 e. The molecule has 4 heteroatoms. The highest BCUT2D eigenvalue weighted by atomic mass is 79.9. The van der Waals surface area contributed by atoms with Gasteiger partial charge in [-0.05, 0) is 38.5 Å². The lowest BCUT2D eigenvalue weighted by molar-refractivity contribution is 1.10. The quantitative estimate of drug-likeness (QED) is 0.906. The van der Waals surface area contributed by atoms with Crippen molar-refractivity contribution in [2.24, 2.45) is 0 Å². The van der Waals surface area contributed by atoms with Gasteiger partial charge in [0.05, 0.1) is 17.2 Å². The van der Waals surface area contributed by atoms with Gasteiger partial charge in [-0.25, -0.2) is 4.98 Å². The van der Waals surface area contributed by atoms with Crippen molar-refractivity contribution < 1.29 is 0 Å².